The maximum atomic E-state index is 11.5. The number of carbonyl (C=O) groups excluding carboxylic acids is 1. The van der Waals surface area contributed by atoms with E-state index in [2.05, 4.69) is 20.9 Å². The molecule has 0 heterocycles. The number of nitrogens with one attached hydrogen (secondary N) is 3. The number of aliphatic imine (C=N–C) groups is 1. The van der Waals surface area contributed by atoms with E-state index in [9.17, 15) is 4.79 Å². The van der Waals surface area contributed by atoms with Crippen LogP contribution in [0.3, 0.4) is 0 Å². The standard InChI is InChI=1S/C12H26N4O2.HI/c1-5-10(2)16-11(17)6-7-14-12(13-3)15-8-9-18-4;/h10H,5-9H2,1-4H3,(H,16,17)(H2,13,14,15);1H. The largest absolute Gasteiger partial charge is 0.383 e. The van der Waals surface area contributed by atoms with Crippen LogP contribution < -0.4 is 16.0 Å². The van der Waals surface area contributed by atoms with E-state index in [1.165, 1.54) is 0 Å². The zero-order valence-corrected chi connectivity index (χ0v) is 14.6. The van der Waals surface area contributed by atoms with Gasteiger partial charge in [-0.3, -0.25) is 9.79 Å². The fourth-order valence-corrected chi connectivity index (χ4v) is 1.24. The van der Waals surface area contributed by atoms with Gasteiger partial charge in [-0.15, -0.1) is 24.0 Å². The highest BCUT2D eigenvalue weighted by Crippen LogP contribution is 1.88. The summed E-state index contributed by atoms with van der Waals surface area (Å²) >= 11 is 0. The Morgan fingerprint density at radius 3 is 2.47 bits per heavy atom. The topological polar surface area (TPSA) is 74.8 Å². The van der Waals surface area contributed by atoms with Crippen LogP contribution in [0.4, 0.5) is 0 Å². The third-order valence-electron chi connectivity index (χ3n) is 2.49. The minimum Gasteiger partial charge on any atom is -0.383 e. The Morgan fingerprint density at radius 2 is 1.95 bits per heavy atom. The maximum Gasteiger partial charge on any atom is 0.221 e. The summed E-state index contributed by atoms with van der Waals surface area (Å²) in [4.78, 5) is 15.6. The molecule has 3 N–H and O–H groups in total. The van der Waals surface area contributed by atoms with Crippen LogP contribution in [0.2, 0.25) is 0 Å². The molecule has 0 fully saturated rings. The van der Waals surface area contributed by atoms with Gasteiger partial charge in [0.05, 0.1) is 6.61 Å². The summed E-state index contributed by atoms with van der Waals surface area (Å²) < 4.78 is 4.93. The first-order valence-electron chi connectivity index (χ1n) is 6.36. The Kier molecular flexibility index (Phi) is 15.1. The molecule has 0 radical (unpaired) electrons. The second-order valence-electron chi connectivity index (χ2n) is 4.05. The van der Waals surface area contributed by atoms with E-state index in [0.717, 1.165) is 6.42 Å². The van der Waals surface area contributed by atoms with Crippen LogP contribution in [0, 0.1) is 0 Å². The minimum atomic E-state index is 0. The molecule has 1 unspecified atom stereocenters. The van der Waals surface area contributed by atoms with Crippen LogP contribution in [-0.4, -0.2) is 51.8 Å². The fraction of sp³-hybridized carbons (Fsp3) is 0.833. The molecule has 0 aliphatic rings. The lowest BCUT2D eigenvalue weighted by molar-refractivity contribution is -0.121. The van der Waals surface area contributed by atoms with Crippen molar-refractivity contribution in [3.63, 3.8) is 0 Å². The summed E-state index contributed by atoms with van der Waals surface area (Å²) in [6, 6.07) is 0.233. The zero-order chi connectivity index (χ0) is 13.8. The summed E-state index contributed by atoms with van der Waals surface area (Å²) in [5.41, 5.74) is 0. The third kappa shape index (κ3) is 12.2. The van der Waals surface area contributed by atoms with Crippen molar-refractivity contribution < 1.29 is 9.53 Å². The summed E-state index contributed by atoms with van der Waals surface area (Å²) in [6.07, 6.45) is 1.38. The molecule has 1 amide bonds. The zero-order valence-electron chi connectivity index (χ0n) is 12.3. The van der Waals surface area contributed by atoms with Gasteiger partial charge >= 0.3 is 0 Å². The van der Waals surface area contributed by atoms with Crippen LogP contribution in [-0.2, 0) is 9.53 Å². The Balaban J connectivity index is 0. The molecule has 6 nitrogen and oxygen atoms in total. The van der Waals surface area contributed by atoms with E-state index in [-0.39, 0.29) is 35.9 Å². The number of halogens is 1. The van der Waals surface area contributed by atoms with Crippen LogP contribution in [0.5, 0.6) is 0 Å². The second-order valence-corrected chi connectivity index (χ2v) is 4.05. The highest BCUT2D eigenvalue weighted by molar-refractivity contribution is 14.0. The highest BCUT2D eigenvalue weighted by atomic mass is 127. The van der Waals surface area contributed by atoms with Crippen molar-refractivity contribution in [1.29, 1.82) is 0 Å². The van der Waals surface area contributed by atoms with E-state index < -0.39 is 0 Å². The quantitative estimate of drug-likeness (QED) is 0.249. The number of hydrogen-bond acceptors (Lipinski definition) is 3. The molecule has 0 bridgehead atoms. The van der Waals surface area contributed by atoms with E-state index in [1.807, 2.05) is 13.8 Å². The monoisotopic (exact) mass is 386 g/mol. The highest BCUT2D eigenvalue weighted by Gasteiger charge is 2.05. The van der Waals surface area contributed by atoms with Crippen molar-refractivity contribution in [2.75, 3.05) is 33.9 Å². The van der Waals surface area contributed by atoms with Gasteiger partial charge in [-0.2, -0.15) is 0 Å². The summed E-state index contributed by atoms with van der Waals surface area (Å²) in [5, 5.41) is 9.07. The van der Waals surface area contributed by atoms with E-state index >= 15 is 0 Å². The van der Waals surface area contributed by atoms with E-state index in [1.54, 1.807) is 14.2 Å². The van der Waals surface area contributed by atoms with Gasteiger partial charge in [-0.05, 0) is 13.3 Å². The molecular weight excluding hydrogens is 359 g/mol. The smallest absolute Gasteiger partial charge is 0.221 e. The van der Waals surface area contributed by atoms with Crippen molar-refractivity contribution in [1.82, 2.24) is 16.0 Å². The first-order valence-corrected chi connectivity index (χ1v) is 6.36. The van der Waals surface area contributed by atoms with Gasteiger partial charge in [0.25, 0.3) is 0 Å². The second kappa shape index (κ2) is 13.9. The number of rotatable bonds is 8. The molecular formula is C12H27IN4O2. The van der Waals surface area contributed by atoms with Crippen molar-refractivity contribution in [3.8, 4) is 0 Å². The van der Waals surface area contributed by atoms with Crippen LogP contribution in [0.15, 0.2) is 4.99 Å². The Morgan fingerprint density at radius 1 is 1.32 bits per heavy atom. The lowest BCUT2D eigenvalue weighted by Crippen LogP contribution is -2.41. The molecule has 0 saturated heterocycles. The van der Waals surface area contributed by atoms with Gasteiger partial charge in [0.15, 0.2) is 5.96 Å². The van der Waals surface area contributed by atoms with Crippen molar-refractivity contribution in [2.45, 2.75) is 32.7 Å². The molecule has 0 aliphatic heterocycles. The van der Waals surface area contributed by atoms with Crippen molar-refractivity contribution in [3.05, 3.63) is 0 Å². The third-order valence-corrected chi connectivity index (χ3v) is 2.49. The fourth-order valence-electron chi connectivity index (χ4n) is 1.24. The van der Waals surface area contributed by atoms with Crippen molar-refractivity contribution >= 4 is 35.8 Å². The summed E-state index contributed by atoms with van der Waals surface area (Å²) in [5.74, 6) is 0.743. The number of carbonyl (C=O) groups is 1. The summed E-state index contributed by atoms with van der Waals surface area (Å²) in [6.45, 7) is 5.92. The first-order chi connectivity index (χ1) is 8.63. The predicted octanol–water partition coefficient (Wildman–Crippen LogP) is 0.721. The molecule has 0 aromatic heterocycles. The van der Waals surface area contributed by atoms with Gasteiger partial charge in [0.1, 0.15) is 0 Å². The van der Waals surface area contributed by atoms with Crippen molar-refractivity contribution in [2.24, 2.45) is 4.99 Å². The number of methoxy groups -OCH3 is 1. The van der Waals surface area contributed by atoms with E-state index in [0.29, 0.717) is 32.1 Å². The lowest BCUT2D eigenvalue weighted by Gasteiger charge is -2.13. The number of hydrogen-bond donors (Lipinski definition) is 3. The Bertz CT molecular complexity index is 262. The molecule has 0 saturated carbocycles. The van der Waals surface area contributed by atoms with Gasteiger partial charge < -0.3 is 20.7 Å². The van der Waals surface area contributed by atoms with Crippen LogP contribution >= 0.6 is 24.0 Å². The molecule has 0 aromatic rings. The lowest BCUT2D eigenvalue weighted by atomic mass is 10.2. The van der Waals surface area contributed by atoms with Gasteiger partial charge in [0.2, 0.25) is 5.91 Å². The number of guanidine groups is 1. The molecule has 0 spiro atoms. The Hall–Kier alpha value is -0.570. The first kappa shape index (κ1) is 20.7. The average Bonchev–Trinajstić information content (AvgIpc) is 2.36. The molecule has 19 heavy (non-hydrogen) atoms. The van der Waals surface area contributed by atoms with Gasteiger partial charge in [0, 0.05) is 39.7 Å². The van der Waals surface area contributed by atoms with Gasteiger partial charge in [-0.25, -0.2) is 0 Å². The molecule has 1 atom stereocenters. The van der Waals surface area contributed by atoms with Gasteiger partial charge in [-0.1, -0.05) is 6.92 Å². The van der Waals surface area contributed by atoms with E-state index in [4.69, 9.17) is 4.74 Å². The molecule has 0 aliphatic carbocycles. The van der Waals surface area contributed by atoms with Crippen LogP contribution in [0.1, 0.15) is 26.7 Å². The normalized spacial score (nSPS) is 12.3. The number of amides is 1. The van der Waals surface area contributed by atoms with Crippen LogP contribution in [0.25, 0.3) is 0 Å². The molecule has 0 aromatic carbocycles. The predicted molar refractivity (Wildman–Crippen MR) is 89.2 cm³/mol. The summed E-state index contributed by atoms with van der Waals surface area (Å²) in [7, 11) is 3.35. The number of nitrogens with zero attached hydrogens (tertiary/aromatic N) is 1. The molecule has 7 heteroatoms. The Labute approximate surface area is 133 Å². The SMILES string of the molecule is CCC(C)NC(=O)CCNC(=NC)NCCOC.I. The molecule has 114 valence electrons. The minimum absolute atomic E-state index is 0. The molecule has 0 rings (SSSR count). The maximum absolute atomic E-state index is 11.5. The average molecular weight is 386 g/mol. The number of ether oxygens (including phenoxy) is 1.